The fourth-order valence-electron chi connectivity index (χ4n) is 2.03. The van der Waals surface area contributed by atoms with Crippen LogP contribution in [0, 0.1) is 18.3 Å². The van der Waals surface area contributed by atoms with Crippen LogP contribution >= 0.6 is 11.8 Å². The maximum absolute atomic E-state index is 9.19. The van der Waals surface area contributed by atoms with Crippen LogP contribution in [0.5, 0.6) is 5.75 Å². The molecule has 1 aromatic heterocycles. The first-order valence-corrected chi connectivity index (χ1v) is 6.58. The highest BCUT2D eigenvalue weighted by Gasteiger charge is 2.17. The molecule has 0 fully saturated rings. The van der Waals surface area contributed by atoms with E-state index >= 15 is 0 Å². The van der Waals surface area contributed by atoms with Gasteiger partial charge in [-0.05, 0) is 31.4 Å². The van der Waals surface area contributed by atoms with Crippen LogP contribution in [0.3, 0.4) is 0 Å². The van der Waals surface area contributed by atoms with Crippen LogP contribution < -0.4 is 4.74 Å². The number of nitrogens with zero attached hydrogens (tertiary/aromatic N) is 1. The number of aromatic amines is 1. The summed E-state index contributed by atoms with van der Waals surface area (Å²) in [6, 6.07) is 8.21. The first-order chi connectivity index (χ1) is 8.21. The lowest BCUT2D eigenvalue weighted by Crippen LogP contribution is -1.91. The fourth-order valence-corrected chi connectivity index (χ4v) is 2.67. The number of benzene rings is 1. The van der Waals surface area contributed by atoms with Crippen LogP contribution in [-0.2, 0) is 0 Å². The van der Waals surface area contributed by atoms with Crippen LogP contribution in [0.1, 0.15) is 16.5 Å². The second-order valence-corrected chi connectivity index (χ2v) is 4.76. The molecule has 1 heterocycles. The largest absolute Gasteiger partial charge is 0.497 e. The van der Waals surface area contributed by atoms with Crippen LogP contribution in [0.15, 0.2) is 18.2 Å². The summed E-state index contributed by atoms with van der Waals surface area (Å²) in [6.45, 7) is 2.00. The van der Waals surface area contributed by atoms with Crippen LogP contribution in [0.2, 0.25) is 0 Å². The summed E-state index contributed by atoms with van der Waals surface area (Å²) in [4.78, 5) is 3.31. The molecular weight excluding hydrogens is 232 g/mol. The molecule has 1 N–H and O–H groups in total. The van der Waals surface area contributed by atoms with Gasteiger partial charge in [0.25, 0.3) is 0 Å². The Morgan fingerprint density at radius 1 is 1.47 bits per heavy atom. The molecule has 17 heavy (non-hydrogen) atoms. The molecule has 0 saturated heterocycles. The van der Waals surface area contributed by atoms with Gasteiger partial charge in [-0.15, -0.1) is 11.8 Å². The van der Waals surface area contributed by atoms with Crippen LogP contribution in [0.25, 0.3) is 10.9 Å². The third-order valence-electron chi connectivity index (χ3n) is 2.86. The van der Waals surface area contributed by atoms with Gasteiger partial charge >= 0.3 is 0 Å². The minimum Gasteiger partial charge on any atom is -0.497 e. The molecule has 0 radical (unpaired) electrons. The lowest BCUT2D eigenvalue weighted by molar-refractivity contribution is 0.415. The van der Waals surface area contributed by atoms with Gasteiger partial charge in [-0.25, -0.2) is 0 Å². The van der Waals surface area contributed by atoms with Gasteiger partial charge in [0.15, 0.2) is 0 Å². The Morgan fingerprint density at radius 2 is 2.24 bits per heavy atom. The molecule has 1 aromatic carbocycles. The second kappa shape index (κ2) is 4.72. The second-order valence-electron chi connectivity index (χ2n) is 3.82. The molecule has 4 heteroatoms. The third kappa shape index (κ3) is 1.98. The number of aromatic nitrogens is 1. The Kier molecular flexibility index (Phi) is 3.30. The summed E-state index contributed by atoms with van der Waals surface area (Å²) < 4.78 is 5.23. The monoisotopic (exact) mass is 246 g/mol. The molecule has 0 bridgehead atoms. The van der Waals surface area contributed by atoms with E-state index in [0.29, 0.717) is 0 Å². The van der Waals surface area contributed by atoms with Gasteiger partial charge in [0.2, 0.25) is 0 Å². The number of aryl methyl sites for hydroxylation is 1. The zero-order chi connectivity index (χ0) is 12.4. The molecule has 0 amide bonds. The number of thioether (sulfide) groups is 1. The van der Waals surface area contributed by atoms with Crippen molar-refractivity contribution in [3.63, 3.8) is 0 Å². The summed E-state index contributed by atoms with van der Waals surface area (Å²) in [7, 11) is 1.65. The summed E-state index contributed by atoms with van der Waals surface area (Å²) in [5.74, 6) is 0.815. The van der Waals surface area contributed by atoms with Gasteiger partial charge < -0.3 is 9.72 Å². The smallest absolute Gasteiger partial charge is 0.119 e. The van der Waals surface area contributed by atoms with Crippen molar-refractivity contribution in [3.8, 4) is 11.8 Å². The Morgan fingerprint density at radius 3 is 2.82 bits per heavy atom. The van der Waals surface area contributed by atoms with Crippen molar-refractivity contribution in [2.24, 2.45) is 0 Å². The van der Waals surface area contributed by atoms with E-state index in [9.17, 15) is 5.26 Å². The number of nitriles is 1. The molecule has 1 atom stereocenters. The average molecular weight is 246 g/mol. The van der Waals surface area contributed by atoms with Gasteiger partial charge in [-0.3, -0.25) is 0 Å². The number of rotatable bonds is 3. The van der Waals surface area contributed by atoms with E-state index in [1.54, 1.807) is 18.9 Å². The van der Waals surface area contributed by atoms with Crippen molar-refractivity contribution >= 4 is 22.7 Å². The number of methoxy groups -OCH3 is 1. The van der Waals surface area contributed by atoms with Gasteiger partial charge in [0, 0.05) is 22.2 Å². The topological polar surface area (TPSA) is 48.8 Å². The average Bonchev–Trinajstić information content (AvgIpc) is 2.67. The van der Waals surface area contributed by atoms with Gasteiger partial charge in [0.1, 0.15) is 11.0 Å². The molecule has 0 aliphatic heterocycles. The molecular formula is C13H14N2OS. The van der Waals surface area contributed by atoms with Crippen molar-refractivity contribution in [1.82, 2.24) is 4.98 Å². The number of ether oxygens (including phenoxy) is 1. The highest BCUT2D eigenvalue weighted by atomic mass is 32.2. The van der Waals surface area contributed by atoms with Crippen LogP contribution in [0.4, 0.5) is 0 Å². The van der Waals surface area contributed by atoms with Gasteiger partial charge in [0.05, 0.1) is 13.2 Å². The van der Waals surface area contributed by atoms with Crippen molar-refractivity contribution in [3.05, 3.63) is 29.5 Å². The highest BCUT2D eigenvalue weighted by Crippen LogP contribution is 2.36. The van der Waals surface area contributed by atoms with E-state index in [-0.39, 0.29) is 5.25 Å². The first kappa shape index (κ1) is 11.9. The van der Waals surface area contributed by atoms with Crippen molar-refractivity contribution in [1.29, 1.82) is 5.26 Å². The van der Waals surface area contributed by atoms with E-state index in [0.717, 1.165) is 27.9 Å². The lowest BCUT2D eigenvalue weighted by atomic mass is 10.1. The number of hydrogen-bond donors (Lipinski definition) is 1. The number of hydrogen-bond acceptors (Lipinski definition) is 3. The zero-order valence-electron chi connectivity index (χ0n) is 10.1. The summed E-state index contributed by atoms with van der Waals surface area (Å²) >= 11 is 1.55. The Balaban J connectivity index is 2.68. The standard InChI is InChI=1S/C13H14N2OS/c1-8-13(12(7-14)17-3)10-6-9(16-2)4-5-11(10)15-8/h4-6,12,15H,1-3H3. The van der Waals surface area contributed by atoms with E-state index in [2.05, 4.69) is 11.1 Å². The Labute approximate surface area is 105 Å². The molecule has 0 spiro atoms. The minimum absolute atomic E-state index is 0.143. The summed E-state index contributed by atoms with van der Waals surface area (Å²) in [5, 5.41) is 10.1. The van der Waals surface area contributed by atoms with E-state index in [1.807, 2.05) is 31.4 Å². The summed E-state index contributed by atoms with van der Waals surface area (Å²) in [6.07, 6.45) is 1.95. The Bertz CT molecular complexity index is 583. The van der Waals surface area contributed by atoms with E-state index in [1.165, 1.54) is 0 Å². The van der Waals surface area contributed by atoms with E-state index in [4.69, 9.17) is 4.74 Å². The predicted octanol–water partition coefficient (Wildman–Crippen LogP) is 3.41. The quantitative estimate of drug-likeness (QED) is 0.902. The van der Waals surface area contributed by atoms with Crippen molar-refractivity contribution in [2.45, 2.75) is 12.2 Å². The number of fused-ring (bicyclic) bond motifs is 1. The van der Waals surface area contributed by atoms with Crippen molar-refractivity contribution in [2.75, 3.05) is 13.4 Å². The summed E-state index contributed by atoms with van der Waals surface area (Å²) in [5.41, 5.74) is 3.16. The molecule has 2 rings (SSSR count). The maximum atomic E-state index is 9.19. The molecule has 0 saturated carbocycles. The van der Waals surface area contributed by atoms with Gasteiger partial charge in [-0.2, -0.15) is 5.26 Å². The normalized spacial score (nSPS) is 12.4. The SMILES string of the molecule is COc1ccc2[nH]c(C)c(C(C#N)SC)c2c1. The van der Waals surface area contributed by atoms with Crippen LogP contribution in [-0.4, -0.2) is 18.3 Å². The number of H-pyrrole nitrogens is 1. The highest BCUT2D eigenvalue weighted by molar-refractivity contribution is 7.99. The Hall–Kier alpha value is -1.60. The first-order valence-electron chi connectivity index (χ1n) is 5.30. The zero-order valence-corrected chi connectivity index (χ0v) is 10.9. The fraction of sp³-hybridized carbons (Fsp3) is 0.308. The van der Waals surface area contributed by atoms with E-state index < -0.39 is 0 Å². The molecule has 1 unspecified atom stereocenters. The van der Waals surface area contributed by atoms with Gasteiger partial charge in [-0.1, -0.05) is 0 Å². The lowest BCUT2D eigenvalue weighted by Gasteiger charge is -2.06. The molecule has 88 valence electrons. The molecule has 0 aliphatic carbocycles. The molecule has 2 aromatic rings. The predicted molar refractivity (Wildman–Crippen MR) is 71.5 cm³/mol. The molecule has 0 aliphatic rings. The molecule has 3 nitrogen and oxygen atoms in total. The van der Waals surface area contributed by atoms with Crippen molar-refractivity contribution < 1.29 is 4.74 Å². The third-order valence-corrected chi connectivity index (χ3v) is 3.67. The minimum atomic E-state index is -0.143. The number of nitrogens with one attached hydrogen (secondary N) is 1. The maximum Gasteiger partial charge on any atom is 0.119 e.